The van der Waals surface area contributed by atoms with Crippen LogP contribution in [-0.4, -0.2) is 4.98 Å². The monoisotopic (exact) mass is 463 g/mol. The van der Waals surface area contributed by atoms with Gasteiger partial charge in [-0.2, -0.15) is 0 Å². The molecule has 0 aliphatic heterocycles. The number of hydrogen-bond donors (Lipinski definition) is 0. The maximum Gasteiger partial charge on any atom is 0.0709 e. The van der Waals surface area contributed by atoms with E-state index in [0.717, 1.165) is 5.52 Å². The first kappa shape index (κ1) is 16.0. The number of nitrogens with zero attached hydrogens (tertiary/aromatic N) is 1. The number of halogens is 1. The molecule has 0 aliphatic rings. The molecule has 5 rings (SSSR count). The van der Waals surface area contributed by atoms with Crippen molar-refractivity contribution in [2.45, 2.75) is 0 Å². The van der Waals surface area contributed by atoms with Gasteiger partial charge in [-0.25, -0.2) is 0 Å². The Kier molecular flexibility index (Phi) is 3.98. The molecule has 0 radical (unpaired) electrons. The van der Waals surface area contributed by atoms with Gasteiger partial charge in [0.05, 0.1) is 5.52 Å². The number of benzene rings is 3. The average molecular weight is 463 g/mol. The standard InChI is InChI=1S/C23H14INS/c24-19-14-25-20-7-3-2-6-18(20)23(19)16-11-9-15(10-12-16)22-13-17-5-1-4-8-21(17)26-22/h1-14H. The van der Waals surface area contributed by atoms with E-state index in [2.05, 4.69) is 100 Å². The third kappa shape index (κ3) is 2.72. The van der Waals surface area contributed by atoms with Crippen LogP contribution in [0.1, 0.15) is 0 Å². The molecule has 0 amide bonds. The predicted octanol–water partition coefficient (Wildman–Crippen LogP) is 7.39. The number of thiophene rings is 1. The summed E-state index contributed by atoms with van der Waals surface area (Å²) in [6.07, 6.45) is 1.96. The zero-order chi connectivity index (χ0) is 17.5. The molecule has 0 N–H and O–H groups in total. The van der Waals surface area contributed by atoms with E-state index in [0.29, 0.717) is 0 Å². The molecule has 2 aromatic heterocycles. The number of aromatic nitrogens is 1. The molecule has 0 fully saturated rings. The first-order valence-electron chi connectivity index (χ1n) is 8.42. The quantitative estimate of drug-likeness (QED) is 0.249. The summed E-state index contributed by atoms with van der Waals surface area (Å²) in [4.78, 5) is 5.86. The van der Waals surface area contributed by atoms with Gasteiger partial charge in [0.15, 0.2) is 0 Å². The van der Waals surface area contributed by atoms with Gasteiger partial charge in [-0.1, -0.05) is 60.7 Å². The fraction of sp³-hybridized carbons (Fsp3) is 0. The van der Waals surface area contributed by atoms with Crippen molar-refractivity contribution in [3.8, 4) is 21.6 Å². The molecule has 5 aromatic rings. The van der Waals surface area contributed by atoms with Gasteiger partial charge in [0.1, 0.15) is 0 Å². The normalized spacial score (nSPS) is 11.3. The number of para-hydroxylation sites is 1. The van der Waals surface area contributed by atoms with Crippen LogP contribution in [-0.2, 0) is 0 Å². The van der Waals surface area contributed by atoms with Crippen LogP contribution in [0.5, 0.6) is 0 Å². The maximum absolute atomic E-state index is 4.55. The zero-order valence-corrected chi connectivity index (χ0v) is 16.8. The second kappa shape index (κ2) is 6.49. The number of pyridine rings is 1. The molecule has 0 saturated carbocycles. The van der Waals surface area contributed by atoms with E-state index >= 15 is 0 Å². The summed E-state index contributed by atoms with van der Waals surface area (Å²) in [5.74, 6) is 0. The van der Waals surface area contributed by atoms with Gasteiger partial charge >= 0.3 is 0 Å². The second-order valence-corrected chi connectivity index (χ2v) is 8.47. The van der Waals surface area contributed by atoms with E-state index in [1.807, 2.05) is 23.6 Å². The van der Waals surface area contributed by atoms with E-state index in [-0.39, 0.29) is 0 Å². The Morgan fingerprint density at radius 2 is 1.50 bits per heavy atom. The lowest BCUT2D eigenvalue weighted by atomic mass is 10.00. The SMILES string of the molecule is Ic1cnc2ccccc2c1-c1ccc(-c2cc3ccccc3s2)cc1. The van der Waals surface area contributed by atoms with Gasteiger partial charge in [0.2, 0.25) is 0 Å². The average Bonchev–Trinajstić information content (AvgIpc) is 3.12. The molecule has 26 heavy (non-hydrogen) atoms. The minimum Gasteiger partial charge on any atom is -0.255 e. The smallest absolute Gasteiger partial charge is 0.0709 e. The van der Waals surface area contributed by atoms with Crippen molar-refractivity contribution in [1.29, 1.82) is 0 Å². The zero-order valence-electron chi connectivity index (χ0n) is 13.8. The van der Waals surface area contributed by atoms with Crippen LogP contribution < -0.4 is 0 Å². The van der Waals surface area contributed by atoms with Gasteiger partial charge in [-0.05, 0) is 57.3 Å². The lowest BCUT2D eigenvalue weighted by Crippen LogP contribution is -1.89. The molecule has 0 spiro atoms. The van der Waals surface area contributed by atoms with Crippen molar-refractivity contribution in [3.05, 3.63) is 88.6 Å². The Morgan fingerprint density at radius 1 is 0.769 bits per heavy atom. The second-order valence-electron chi connectivity index (χ2n) is 6.22. The Bertz CT molecular complexity index is 1210. The third-order valence-corrected chi connectivity index (χ3v) is 6.60. The van der Waals surface area contributed by atoms with Crippen molar-refractivity contribution in [3.63, 3.8) is 0 Å². The molecule has 1 nitrogen and oxygen atoms in total. The highest BCUT2D eigenvalue weighted by atomic mass is 127. The van der Waals surface area contributed by atoms with E-state index in [1.165, 1.54) is 40.6 Å². The maximum atomic E-state index is 4.55. The van der Waals surface area contributed by atoms with Crippen LogP contribution in [0.2, 0.25) is 0 Å². The fourth-order valence-electron chi connectivity index (χ4n) is 3.34. The van der Waals surface area contributed by atoms with E-state index in [4.69, 9.17) is 0 Å². The minimum atomic E-state index is 1.04. The molecule has 0 unspecified atom stereocenters. The predicted molar refractivity (Wildman–Crippen MR) is 121 cm³/mol. The lowest BCUT2D eigenvalue weighted by molar-refractivity contribution is 1.39. The van der Waals surface area contributed by atoms with Gasteiger partial charge in [0.25, 0.3) is 0 Å². The van der Waals surface area contributed by atoms with Gasteiger partial charge in [-0.3, -0.25) is 4.98 Å². The summed E-state index contributed by atoms with van der Waals surface area (Å²) >= 11 is 4.23. The number of hydrogen-bond acceptors (Lipinski definition) is 2. The van der Waals surface area contributed by atoms with Gasteiger partial charge < -0.3 is 0 Å². The molecule has 124 valence electrons. The molecule has 2 heterocycles. The molecule has 0 bridgehead atoms. The number of fused-ring (bicyclic) bond motifs is 2. The molecule has 0 aliphatic carbocycles. The highest BCUT2D eigenvalue weighted by Gasteiger charge is 2.10. The minimum absolute atomic E-state index is 1.04. The Balaban J connectivity index is 1.61. The number of rotatable bonds is 2. The van der Waals surface area contributed by atoms with Gasteiger partial charge in [-0.15, -0.1) is 11.3 Å². The molecule has 0 atom stereocenters. The van der Waals surface area contributed by atoms with Crippen molar-refractivity contribution in [2.75, 3.05) is 0 Å². The molecule has 0 saturated heterocycles. The third-order valence-electron chi connectivity index (χ3n) is 4.61. The van der Waals surface area contributed by atoms with Crippen LogP contribution in [0.15, 0.2) is 85.1 Å². The van der Waals surface area contributed by atoms with E-state index < -0.39 is 0 Å². The summed E-state index contributed by atoms with van der Waals surface area (Å²) in [7, 11) is 0. The Hall–Kier alpha value is -2.24. The molecule has 3 heteroatoms. The van der Waals surface area contributed by atoms with Crippen molar-refractivity contribution in [2.24, 2.45) is 0 Å². The first-order valence-corrected chi connectivity index (χ1v) is 10.3. The largest absolute Gasteiger partial charge is 0.255 e. The molecule has 3 aromatic carbocycles. The van der Waals surface area contributed by atoms with Crippen LogP contribution in [0.3, 0.4) is 0 Å². The lowest BCUT2D eigenvalue weighted by Gasteiger charge is -2.09. The Labute approximate surface area is 169 Å². The van der Waals surface area contributed by atoms with Crippen LogP contribution in [0.25, 0.3) is 42.6 Å². The van der Waals surface area contributed by atoms with Crippen LogP contribution >= 0.6 is 33.9 Å². The molecular formula is C23H14INS. The van der Waals surface area contributed by atoms with E-state index in [9.17, 15) is 0 Å². The molecular weight excluding hydrogens is 449 g/mol. The van der Waals surface area contributed by atoms with E-state index in [1.54, 1.807) is 0 Å². The fourth-order valence-corrected chi connectivity index (χ4v) is 5.15. The summed E-state index contributed by atoms with van der Waals surface area (Å²) < 4.78 is 2.51. The van der Waals surface area contributed by atoms with Crippen LogP contribution in [0.4, 0.5) is 0 Å². The van der Waals surface area contributed by atoms with Gasteiger partial charge in [0, 0.05) is 30.3 Å². The highest BCUT2D eigenvalue weighted by molar-refractivity contribution is 14.1. The first-order chi connectivity index (χ1) is 12.8. The topological polar surface area (TPSA) is 12.9 Å². The summed E-state index contributed by atoms with van der Waals surface area (Å²) in [6.45, 7) is 0. The van der Waals surface area contributed by atoms with Crippen molar-refractivity contribution >= 4 is 54.9 Å². The Morgan fingerprint density at radius 3 is 2.35 bits per heavy atom. The van der Waals surface area contributed by atoms with Crippen LogP contribution in [0, 0.1) is 3.57 Å². The summed E-state index contributed by atoms with van der Waals surface area (Å²) in [5, 5.41) is 2.51. The van der Waals surface area contributed by atoms with Crippen molar-refractivity contribution < 1.29 is 0 Å². The highest BCUT2D eigenvalue weighted by Crippen LogP contribution is 2.36. The summed E-state index contributed by atoms with van der Waals surface area (Å²) in [5.41, 5.74) is 4.80. The summed E-state index contributed by atoms with van der Waals surface area (Å²) in [6, 6.07) is 28.1. The van der Waals surface area contributed by atoms with Crippen molar-refractivity contribution in [1.82, 2.24) is 4.98 Å².